The Kier molecular flexibility index (Phi) is 4.00. The maximum atomic E-state index is 12.0. The third-order valence-corrected chi connectivity index (χ3v) is 3.10. The molecule has 0 bridgehead atoms. The maximum Gasteiger partial charge on any atom is 0.164 e. The average molecular weight is 260 g/mol. The van der Waals surface area contributed by atoms with Crippen LogP contribution in [0.2, 0.25) is 5.02 Å². The molecule has 2 aromatic rings. The number of rotatable bonds is 4. The molecule has 2 aromatic carbocycles. The molecule has 18 heavy (non-hydrogen) atoms. The summed E-state index contributed by atoms with van der Waals surface area (Å²) in [4.78, 5) is 12.0. The molecule has 0 amide bonds. The Balaban J connectivity index is 2.03. The number of Topliss-reactive ketones (excluding diaryl/α,β-unsaturated/α-hetero) is 1. The Bertz CT molecular complexity index is 566. The van der Waals surface area contributed by atoms with E-state index < -0.39 is 0 Å². The van der Waals surface area contributed by atoms with Crippen LogP contribution in [0.25, 0.3) is 0 Å². The third-order valence-electron chi connectivity index (χ3n) is 2.77. The van der Waals surface area contributed by atoms with Gasteiger partial charge < -0.3 is 5.73 Å². The van der Waals surface area contributed by atoms with E-state index in [1.807, 2.05) is 36.4 Å². The van der Waals surface area contributed by atoms with Gasteiger partial charge in [-0.2, -0.15) is 0 Å². The summed E-state index contributed by atoms with van der Waals surface area (Å²) in [5.41, 5.74) is 8.07. The highest BCUT2D eigenvalue weighted by Crippen LogP contribution is 2.18. The van der Waals surface area contributed by atoms with Crippen LogP contribution in [0, 0.1) is 0 Å². The zero-order valence-electron chi connectivity index (χ0n) is 9.90. The summed E-state index contributed by atoms with van der Waals surface area (Å²) >= 11 is 5.99. The highest BCUT2D eigenvalue weighted by molar-refractivity contribution is 6.33. The number of hydrogen-bond acceptors (Lipinski definition) is 2. The molecular formula is C15H14ClNO. The fourth-order valence-electron chi connectivity index (χ4n) is 1.83. The Labute approximate surface area is 111 Å². The summed E-state index contributed by atoms with van der Waals surface area (Å²) in [6.45, 7) is 0. The SMILES string of the molecule is Nc1cccc(CCC(=O)c2ccccc2Cl)c1. The number of aryl methyl sites for hydroxylation is 1. The van der Waals surface area contributed by atoms with Crippen molar-refractivity contribution in [2.45, 2.75) is 12.8 Å². The molecule has 3 heteroatoms. The Morgan fingerprint density at radius 3 is 2.61 bits per heavy atom. The molecule has 0 unspecified atom stereocenters. The molecule has 0 aromatic heterocycles. The molecule has 2 N–H and O–H groups in total. The van der Waals surface area contributed by atoms with Gasteiger partial charge in [0.25, 0.3) is 0 Å². The minimum Gasteiger partial charge on any atom is -0.399 e. The van der Waals surface area contributed by atoms with Crippen LogP contribution in [-0.2, 0) is 6.42 Å². The number of ketones is 1. The zero-order valence-corrected chi connectivity index (χ0v) is 10.7. The third kappa shape index (κ3) is 3.11. The van der Waals surface area contributed by atoms with E-state index >= 15 is 0 Å². The molecule has 0 saturated carbocycles. The Hall–Kier alpha value is -1.80. The van der Waals surface area contributed by atoms with Gasteiger partial charge in [-0.1, -0.05) is 35.9 Å². The van der Waals surface area contributed by atoms with Crippen molar-refractivity contribution in [1.29, 1.82) is 0 Å². The second-order valence-corrected chi connectivity index (χ2v) is 4.56. The van der Waals surface area contributed by atoms with Crippen LogP contribution < -0.4 is 5.73 Å². The minimum absolute atomic E-state index is 0.0584. The van der Waals surface area contributed by atoms with Gasteiger partial charge in [-0.15, -0.1) is 0 Å². The largest absolute Gasteiger partial charge is 0.399 e. The first-order valence-corrected chi connectivity index (χ1v) is 6.17. The first kappa shape index (κ1) is 12.7. The quantitative estimate of drug-likeness (QED) is 0.671. The molecular weight excluding hydrogens is 246 g/mol. The molecule has 0 saturated heterocycles. The van der Waals surface area contributed by atoms with E-state index in [-0.39, 0.29) is 5.78 Å². The highest BCUT2D eigenvalue weighted by atomic mass is 35.5. The molecule has 0 atom stereocenters. The van der Waals surface area contributed by atoms with Crippen molar-refractivity contribution in [3.8, 4) is 0 Å². The van der Waals surface area contributed by atoms with E-state index in [0.29, 0.717) is 23.4 Å². The number of hydrogen-bond donors (Lipinski definition) is 1. The molecule has 0 radical (unpaired) electrons. The summed E-state index contributed by atoms with van der Waals surface area (Å²) in [5.74, 6) is 0.0584. The van der Waals surface area contributed by atoms with Crippen molar-refractivity contribution in [2.75, 3.05) is 5.73 Å². The van der Waals surface area contributed by atoms with E-state index in [1.54, 1.807) is 12.1 Å². The molecule has 0 spiro atoms. The smallest absolute Gasteiger partial charge is 0.164 e. The summed E-state index contributed by atoms with van der Waals surface area (Å²) < 4.78 is 0. The highest BCUT2D eigenvalue weighted by Gasteiger charge is 2.09. The van der Waals surface area contributed by atoms with Gasteiger partial charge in [0.05, 0.1) is 5.02 Å². The Morgan fingerprint density at radius 1 is 1.11 bits per heavy atom. The van der Waals surface area contributed by atoms with Crippen molar-refractivity contribution < 1.29 is 4.79 Å². The van der Waals surface area contributed by atoms with Crippen LogP contribution in [0.1, 0.15) is 22.3 Å². The normalized spacial score (nSPS) is 10.3. The summed E-state index contributed by atoms with van der Waals surface area (Å²) in [5, 5.41) is 0.509. The minimum atomic E-state index is 0.0584. The van der Waals surface area contributed by atoms with Crippen molar-refractivity contribution in [1.82, 2.24) is 0 Å². The maximum absolute atomic E-state index is 12.0. The Morgan fingerprint density at radius 2 is 1.89 bits per heavy atom. The predicted molar refractivity (Wildman–Crippen MR) is 75.0 cm³/mol. The van der Waals surface area contributed by atoms with Gasteiger partial charge in [-0.25, -0.2) is 0 Å². The fourth-order valence-corrected chi connectivity index (χ4v) is 2.07. The van der Waals surface area contributed by atoms with Crippen molar-refractivity contribution in [3.05, 3.63) is 64.7 Å². The van der Waals surface area contributed by atoms with E-state index in [4.69, 9.17) is 17.3 Å². The standard InChI is InChI=1S/C15H14ClNO/c16-14-7-2-1-6-13(14)15(18)9-8-11-4-3-5-12(17)10-11/h1-7,10H,8-9,17H2. The second-order valence-electron chi connectivity index (χ2n) is 4.15. The number of carbonyl (C=O) groups excluding carboxylic acids is 1. The van der Waals surface area contributed by atoms with Gasteiger partial charge in [-0.3, -0.25) is 4.79 Å². The van der Waals surface area contributed by atoms with Gasteiger partial charge in [0.1, 0.15) is 0 Å². The number of nitrogen functional groups attached to an aromatic ring is 1. The van der Waals surface area contributed by atoms with Crippen LogP contribution in [0.4, 0.5) is 5.69 Å². The summed E-state index contributed by atoms with van der Waals surface area (Å²) in [6, 6.07) is 14.7. The molecule has 2 rings (SSSR count). The molecule has 2 nitrogen and oxygen atoms in total. The first-order valence-electron chi connectivity index (χ1n) is 5.79. The van der Waals surface area contributed by atoms with E-state index in [0.717, 1.165) is 11.3 Å². The van der Waals surface area contributed by atoms with Gasteiger partial charge in [0.15, 0.2) is 5.78 Å². The monoisotopic (exact) mass is 259 g/mol. The summed E-state index contributed by atoms with van der Waals surface area (Å²) in [7, 11) is 0. The van der Waals surface area contributed by atoms with Crippen LogP contribution >= 0.6 is 11.6 Å². The van der Waals surface area contributed by atoms with E-state index in [2.05, 4.69) is 0 Å². The molecule has 0 aliphatic carbocycles. The lowest BCUT2D eigenvalue weighted by Crippen LogP contribution is -2.02. The zero-order chi connectivity index (χ0) is 13.0. The van der Waals surface area contributed by atoms with Crippen molar-refractivity contribution in [3.63, 3.8) is 0 Å². The number of carbonyl (C=O) groups is 1. The molecule has 92 valence electrons. The topological polar surface area (TPSA) is 43.1 Å². The lowest BCUT2D eigenvalue weighted by atomic mass is 10.0. The predicted octanol–water partition coefficient (Wildman–Crippen LogP) is 3.74. The molecule has 0 fully saturated rings. The number of anilines is 1. The van der Waals surface area contributed by atoms with E-state index in [1.165, 1.54) is 0 Å². The number of halogens is 1. The van der Waals surface area contributed by atoms with Crippen LogP contribution in [0.5, 0.6) is 0 Å². The van der Waals surface area contributed by atoms with Crippen molar-refractivity contribution >= 4 is 23.1 Å². The summed E-state index contributed by atoms with van der Waals surface area (Å²) in [6.07, 6.45) is 1.11. The van der Waals surface area contributed by atoms with Crippen LogP contribution in [0.15, 0.2) is 48.5 Å². The van der Waals surface area contributed by atoms with Gasteiger partial charge >= 0.3 is 0 Å². The lowest BCUT2D eigenvalue weighted by Gasteiger charge is -2.04. The molecule has 0 aliphatic rings. The van der Waals surface area contributed by atoms with Gasteiger partial charge in [0, 0.05) is 17.7 Å². The fraction of sp³-hybridized carbons (Fsp3) is 0.133. The second kappa shape index (κ2) is 5.69. The molecule has 0 aliphatic heterocycles. The number of nitrogens with two attached hydrogens (primary N) is 1. The van der Waals surface area contributed by atoms with Gasteiger partial charge in [0.2, 0.25) is 0 Å². The lowest BCUT2D eigenvalue weighted by molar-refractivity contribution is 0.0983. The average Bonchev–Trinajstić information content (AvgIpc) is 2.37. The number of benzene rings is 2. The van der Waals surface area contributed by atoms with Crippen molar-refractivity contribution in [2.24, 2.45) is 0 Å². The first-order chi connectivity index (χ1) is 8.66. The van der Waals surface area contributed by atoms with Gasteiger partial charge in [-0.05, 0) is 36.2 Å². The van der Waals surface area contributed by atoms with Crippen LogP contribution in [0.3, 0.4) is 0 Å². The molecule has 0 heterocycles. The van der Waals surface area contributed by atoms with E-state index in [9.17, 15) is 4.79 Å². The van der Waals surface area contributed by atoms with Crippen LogP contribution in [-0.4, -0.2) is 5.78 Å².